The van der Waals surface area contributed by atoms with E-state index in [2.05, 4.69) is 0 Å². The predicted molar refractivity (Wildman–Crippen MR) is 37.5 cm³/mol. The van der Waals surface area contributed by atoms with Crippen molar-refractivity contribution in [3.05, 3.63) is 0 Å². The summed E-state index contributed by atoms with van der Waals surface area (Å²) < 4.78 is 18.4. The summed E-state index contributed by atoms with van der Waals surface area (Å²) in [6.07, 6.45) is 1.34. The molecule has 1 rings (SSSR count). The number of hydrogen-bond acceptors (Lipinski definition) is 2. The van der Waals surface area contributed by atoms with Crippen molar-refractivity contribution in [2.75, 3.05) is 13.2 Å². The highest BCUT2D eigenvalue weighted by Gasteiger charge is 2.36. The molecule has 1 aliphatic rings. The van der Waals surface area contributed by atoms with Crippen molar-refractivity contribution in [1.29, 1.82) is 0 Å². The molecule has 2 N–H and O–H groups in total. The molecular formula is C7H14FNO. The molecule has 0 aromatic heterocycles. The van der Waals surface area contributed by atoms with Crippen LogP contribution in [0.4, 0.5) is 4.39 Å². The molecule has 0 saturated carbocycles. The van der Waals surface area contributed by atoms with Gasteiger partial charge in [0.15, 0.2) is 0 Å². The number of halogens is 1. The highest BCUT2D eigenvalue weighted by molar-refractivity contribution is 4.89. The van der Waals surface area contributed by atoms with Gasteiger partial charge in [-0.05, 0) is 19.8 Å². The lowest BCUT2D eigenvalue weighted by atomic mass is 9.92. The van der Waals surface area contributed by atoms with Crippen molar-refractivity contribution >= 4 is 0 Å². The SMILES string of the molecule is CC(N)C1(F)CCCOC1. The van der Waals surface area contributed by atoms with Crippen molar-refractivity contribution in [3.8, 4) is 0 Å². The summed E-state index contributed by atoms with van der Waals surface area (Å²) in [5.74, 6) is 0. The van der Waals surface area contributed by atoms with Gasteiger partial charge in [-0.1, -0.05) is 0 Å². The molecule has 0 amide bonds. The van der Waals surface area contributed by atoms with E-state index < -0.39 is 11.7 Å². The molecule has 2 nitrogen and oxygen atoms in total. The highest BCUT2D eigenvalue weighted by Crippen LogP contribution is 2.25. The standard InChI is InChI=1S/C7H14FNO/c1-6(9)7(8)3-2-4-10-5-7/h6H,2-5,9H2,1H3. The van der Waals surface area contributed by atoms with Crippen LogP contribution < -0.4 is 5.73 Å². The van der Waals surface area contributed by atoms with Gasteiger partial charge in [-0.25, -0.2) is 4.39 Å². The van der Waals surface area contributed by atoms with E-state index in [9.17, 15) is 4.39 Å². The largest absolute Gasteiger partial charge is 0.378 e. The quantitative estimate of drug-likeness (QED) is 0.596. The molecular weight excluding hydrogens is 133 g/mol. The molecule has 2 atom stereocenters. The number of nitrogens with two attached hydrogens (primary N) is 1. The van der Waals surface area contributed by atoms with Gasteiger partial charge in [0.2, 0.25) is 0 Å². The maximum absolute atomic E-state index is 13.4. The first-order valence-electron chi connectivity index (χ1n) is 3.67. The molecule has 10 heavy (non-hydrogen) atoms. The van der Waals surface area contributed by atoms with Crippen molar-refractivity contribution < 1.29 is 9.13 Å². The van der Waals surface area contributed by atoms with Gasteiger partial charge in [-0.2, -0.15) is 0 Å². The Bertz CT molecular complexity index is 110. The molecule has 1 aliphatic heterocycles. The molecule has 0 radical (unpaired) electrons. The summed E-state index contributed by atoms with van der Waals surface area (Å²) in [6, 6.07) is -0.409. The van der Waals surface area contributed by atoms with Crippen LogP contribution in [-0.4, -0.2) is 24.9 Å². The van der Waals surface area contributed by atoms with Crippen LogP contribution >= 0.6 is 0 Å². The second-order valence-corrected chi connectivity index (χ2v) is 2.98. The average Bonchev–Trinajstić information content (AvgIpc) is 1.89. The van der Waals surface area contributed by atoms with E-state index in [0.717, 1.165) is 6.42 Å². The lowest BCUT2D eigenvalue weighted by molar-refractivity contribution is -0.0422. The van der Waals surface area contributed by atoms with E-state index in [1.807, 2.05) is 0 Å². The zero-order valence-corrected chi connectivity index (χ0v) is 6.27. The molecule has 0 bridgehead atoms. The van der Waals surface area contributed by atoms with Crippen LogP contribution in [0.5, 0.6) is 0 Å². The van der Waals surface area contributed by atoms with Crippen molar-refractivity contribution in [3.63, 3.8) is 0 Å². The third-order valence-electron chi connectivity index (χ3n) is 2.04. The second-order valence-electron chi connectivity index (χ2n) is 2.98. The van der Waals surface area contributed by atoms with Crippen LogP contribution in [0.2, 0.25) is 0 Å². The van der Waals surface area contributed by atoms with E-state index in [0.29, 0.717) is 13.0 Å². The number of ether oxygens (including phenoxy) is 1. The van der Waals surface area contributed by atoms with Crippen molar-refractivity contribution in [2.45, 2.75) is 31.5 Å². The molecule has 0 spiro atoms. The minimum absolute atomic E-state index is 0.171. The van der Waals surface area contributed by atoms with E-state index in [1.54, 1.807) is 6.92 Å². The summed E-state index contributed by atoms with van der Waals surface area (Å²) >= 11 is 0. The fourth-order valence-corrected chi connectivity index (χ4v) is 1.14. The van der Waals surface area contributed by atoms with Gasteiger partial charge in [0.1, 0.15) is 5.67 Å². The third kappa shape index (κ3) is 1.47. The predicted octanol–water partition coefficient (Wildman–Crippen LogP) is 0.852. The first kappa shape index (κ1) is 7.95. The first-order valence-corrected chi connectivity index (χ1v) is 3.67. The van der Waals surface area contributed by atoms with E-state index in [-0.39, 0.29) is 6.61 Å². The van der Waals surface area contributed by atoms with E-state index in [1.165, 1.54) is 0 Å². The lowest BCUT2D eigenvalue weighted by Gasteiger charge is -2.32. The van der Waals surface area contributed by atoms with Gasteiger partial charge in [0, 0.05) is 12.6 Å². The van der Waals surface area contributed by atoms with Crippen LogP contribution in [0.3, 0.4) is 0 Å². The van der Waals surface area contributed by atoms with Gasteiger partial charge < -0.3 is 10.5 Å². The number of alkyl halides is 1. The molecule has 60 valence electrons. The molecule has 0 aromatic carbocycles. The monoisotopic (exact) mass is 147 g/mol. The first-order chi connectivity index (χ1) is 4.65. The topological polar surface area (TPSA) is 35.2 Å². The van der Waals surface area contributed by atoms with Crippen LogP contribution in [0.1, 0.15) is 19.8 Å². The van der Waals surface area contributed by atoms with Gasteiger partial charge in [-0.15, -0.1) is 0 Å². The van der Waals surface area contributed by atoms with Gasteiger partial charge in [0.25, 0.3) is 0 Å². The Labute approximate surface area is 60.5 Å². The lowest BCUT2D eigenvalue weighted by Crippen LogP contribution is -2.48. The molecule has 0 aliphatic carbocycles. The number of rotatable bonds is 1. The highest BCUT2D eigenvalue weighted by atomic mass is 19.1. The minimum Gasteiger partial charge on any atom is -0.378 e. The molecule has 2 unspecified atom stereocenters. The Kier molecular flexibility index (Phi) is 2.26. The zero-order valence-electron chi connectivity index (χ0n) is 6.27. The van der Waals surface area contributed by atoms with Crippen LogP contribution in [0, 0.1) is 0 Å². The Morgan fingerprint density at radius 3 is 2.70 bits per heavy atom. The second kappa shape index (κ2) is 2.84. The van der Waals surface area contributed by atoms with Crippen molar-refractivity contribution in [1.82, 2.24) is 0 Å². The average molecular weight is 147 g/mol. The van der Waals surface area contributed by atoms with Gasteiger partial charge >= 0.3 is 0 Å². The third-order valence-corrected chi connectivity index (χ3v) is 2.04. The normalized spacial score (nSPS) is 37.5. The summed E-state index contributed by atoms with van der Waals surface area (Å²) in [4.78, 5) is 0. The van der Waals surface area contributed by atoms with Crippen molar-refractivity contribution in [2.24, 2.45) is 5.73 Å². The Balaban J connectivity index is 2.48. The zero-order chi connectivity index (χ0) is 7.61. The molecule has 3 heteroatoms. The smallest absolute Gasteiger partial charge is 0.148 e. The molecule has 0 aromatic rings. The van der Waals surface area contributed by atoms with Gasteiger partial charge in [-0.3, -0.25) is 0 Å². The number of hydrogen-bond donors (Lipinski definition) is 1. The summed E-state index contributed by atoms with van der Waals surface area (Å²) in [6.45, 7) is 2.54. The van der Waals surface area contributed by atoms with E-state index in [4.69, 9.17) is 10.5 Å². The minimum atomic E-state index is -1.27. The van der Waals surface area contributed by atoms with Crippen LogP contribution in [-0.2, 0) is 4.74 Å². The Hall–Kier alpha value is -0.150. The summed E-state index contributed by atoms with van der Waals surface area (Å²) in [5.41, 5.74) is 4.18. The Morgan fingerprint density at radius 1 is 1.70 bits per heavy atom. The van der Waals surface area contributed by atoms with Gasteiger partial charge in [0.05, 0.1) is 6.61 Å². The molecule has 1 heterocycles. The fraction of sp³-hybridized carbons (Fsp3) is 1.00. The molecule has 1 fully saturated rings. The molecule has 1 saturated heterocycles. The summed E-state index contributed by atoms with van der Waals surface area (Å²) in [5, 5.41) is 0. The maximum atomic E-state index is 13.4. The Morgan fingerprint density at radius 2 is 2.40 bits per heavy atom. The summed E-state index contributed by atoms with van der Waals surface area (Å²) in [7, 11) is 0. The van der Waals surface area contributed by atoms with E-state index >= 15 is 0 Å². The fourth-order valence-electron chi connectivity index (χ4n) is 1.14. The van der Waals surface area contributed by atoms with Crippen LogP contribution in [0.25, 0.3) is 0 Å². The maximum Gasteiger partial charge on any atom is 0.148 e. The van der Waals surface area contributed by atoms with Crippen LogP contribution in [0.15, 0.2) is 0 Å².